The fourth-order valence-electron chi connectivity index (χ4n) is 1.93. The molecule has 10 heteroatoms. The van der Waals surface area contributed by atoms with E-state index in [1.54, 1.807) is 31.2 Å². The fraction of sp³-hybridized carbons (Fsp3) is 0.176. The molecule has 1 atom stereocenters. The Balaban J connectivity index is 1.76. The summed E-state index contributed by atoms with van der Waals surface area (Å²) < 4.78 is 5.15. The predicted molar refractivity (Wildman–Crippen MR) is 110 cm³/mol. The van der Waals surface area contributed by atoms with Gasteiger partial charge in [0, 0.05) is 11.4 Å². The Morgan fingerprint density at radius 1 is 0.889 bits per heavy atom. The van der Waals surface area contributed by atoms with Gasteiger partial charge in [-0.2, -0.15) is 0 Å². The number of ether oxygens (including phenoxy) is 1. The second-order valence-electron chi connectivity index (χ2n) is 5.43. The molecule has 0 heterocycles. The summed E-state index contributed by atoms with van der Waals surface area (Å²) in [6.07, 6.45) is -1.26. The van der Waals surface area contributed by atoms with Gasteiger partial charge in [0.2, 0.25) is 0 Å². The maximum absolute atomic E-state index is 11.9. The van der Waals surface area contributed by atoms with E-state index in [1.807, 2.05) is 0 Å². The summed E-state index contributed by atoms with van der Waals surface area (Å²) >= 11 is 23.4. The molecule has 0 bridgehead atoms. The number of anilines is 2. The van der Waals surface area contributed by atoms with Crippen LogP contribution >= 0.6 is 46.4 Å². The minimum Gasteiger partial charge on any atom is -0.444 e. The first-order chi connectivity index (χ1) is 12.7. The van der Waals surface area contributed by atoms with Gasteiger partial charge in [0.1, 0.15) is 6.10 Å². The molecule has 0 fully saturated rings. The summed E-state index contributed by atoms with van der Waals surface area (Å²) in [5.41, 5.74) is 0.916. The van der Waals surface area contributed by atoms with Crippen molar-refractivity contribution in [3.63, 3.8) is 0 Å². The van der Waals surface area contributed by atoms with E-state index in [2.05, 4.69) is 16.0 Å². The molecule has 2 aromatic carbocycles. The molecule has 0 aliphatic rings. The zero-order valence-corrected chi connectivity index (χ0v) is 17.0. The van der Waals surface area contributed by atoms with Crippen molar-refractivity contribution < 1.29 is 14.3 Å². The van der Waals surface area contributed by atoms with Gasteiger partial charge in [0.25, 0.3) is 0 Å². The average Bonchev–Trinajstić information content (AvgIpc) is 2.59. The van der Waals surface area contributed by atoms with Crippen LogP contribution in [0.2, 0.25) is 20.1 Å². The van der Waals surface area contributed by atoms with Crippen molar-refractivity contribution in [3.8, 4) is 0 Å². The van der Waals surface area contributed by atoms with Crippen LogP contribution in [-0.2, 0) is 4.74 Å². The number of carbonyl (C=O) groups excluding carboxylic acids is 2. The molecule has 3 amide bonds. The van der Waals surface area contributed by atoms with Crippen molar-refractivity contribution in [2.45, 2.75) is 13.0 Å². The minimum atomic E-state index is -0.687. The van der Waals surface area contributed by atoms with E-state index in [1.165, 1.54) is 12.1 Å². The minimum absolute atomic E-state index is 0.0992. The molecule has 2 rings (SSSR count). The lowest BCUT2D eigenvalue weighted by molar-refractivity contribution is 0.120. The van der Waals surface area contributed by atoms with Crippen LogP contribution in [0.15, 0.2) is 36.4 Å². The normalized spacial score (nSPS) is 11.4. The lowest BCUT2D eigenvalue weighted by Crippen LogP contribution is -2.36. The average molecular weight is 451 g/mol. The zero-order valence-electron chi connectivity index (χ0n) is 14.0. The Kier molecular flexibility index (Phi) is 7.86. The third kappa shape index (κ3) is 6.99. The smallest absolute Gasteiger partial charge is 0.411 e. The third-order valence-corrected chi connectivity index (χ3v) is 4.68. The van der Waals surface area contributed by atoms with Gasteiger partial charge in [-0.3, -0.25) is 5.32 Å². The highest BCUT2D eigenvalue weighted by molar-refractivity contribution is 6.42. The summed E-state index contributed by atoms with van der Waals surface area (Å²) in [6, 6.07) is 8.86. The Morgan fingerprint density at radius 3 is 1.93 bits per heavy atom. The number of nitrogens with one attached hydrogen (secondary N) is 3. The molecular weight excluding hydrogens is 436 g/mol. The molecule has 6 nitrogen and oxygen atoms in total. The summed E-state index contributed by atoms with van der Waals surface area (Å²) in [5, 5.41) is 9.09. The van der Waals surface area contributed by atoms with E-state index in [-0.39, 0.29) is 6.54 Å². The van der Waals surface area contributed by atoms with Crippen molar-refractivity contribution in [1.29, 1.82) is 0 Å². The molecule has 0 spiro atoms. The van der Waals surface area contributed by atoms with Gasteiger partial charge in [0.05, 0.1) is 26.6 Å². The highest BCUT2D eigenvalue weighted by Gasteiger charge is 2.12. The Hall–Kier alpha value is -1.86. The molecule has 0 aliphatic heterocycles. The van der Waals surface area contributed by atoms with Crippen molar-refractivity contribution in [3.05, 3.63) is 56.5 Å². The van der Waals surface area contributed by atoms with E-state index >= 15 is 0 Å². The molecule has 144 valence electrons. The predicted octanol–water partition coefficient (Wildman–Crippen LogP) is 6.06. The van der Waals surface area contributed by atoms with Gasteiger partial charge in [-0.05, 0) is 43.3 Å². The van der Waals surface area contributed by atoms with E-state index < -0.39 is 18.2 Å². The zero-order chi connectivity index (χ0) is 20.0. The van der Waals surface area contributed by atoms with E-state index in [4.69, 9.17) is 51.1 Å². The van der Waals surface area contributed by atoms with Gasteiger partial charge in [-0.1, -0.05) is 46.4 Å². The van der Waals surface area contributed by atoms with Crippen LogP contribution in [0.25, 0.3) is 0 Å². The first-order valence-corrected chi connectivity index (χ1v) is 9.18. The Bertz CT molecular complexity index is 848. The van der Waals surface area contributed by atoms with Crippen molar-refractivity contribution in [2.75, 3.05) is 17.2 Å². The van der Waals surface area contributed by atoms with Crippen molar-refractivity contribution >= 4 is 69.9 Å². The number of hydrogen-bond acceptors (Lipinski definition) is 3. The maximum Gasteiger partial charge on any atom is 0.411 e. The number of benzene rings is 2. The first kappa shape index (κ1) is 21.4. The summed E-state index contributed by atoms with van der Waals surface area (Å²) in [7, 11) is 0. The second-order valence-corrected chi connectivity index (χ2v) is 7.06. The van der Waals surface area contributed by atoms with Crippen molar-refractivity contribution in [2.24, 2.45) is 0 Å². The third-order valence-electron chi connectivity index (χ3n) is 3.20. The molecule has 0 saturated carbocycles. The lowest BCUT2D eigenvalue weighted by Gasteiger charge is -2.15. The Labute approximate surface area is 176 Å². The lowest BCUT2D eigenvalue weighted by atomic mass is 10.3. The van der Waals surface area contributed by atoms with Gasteiger partial charge in [-0.25, -0.2) is 9.59 Å². The molecule has 27 heavy (non-hydrogen) atoms. The van der Waals surface area contributed by atoms with Crippen LogP contribution in [0.3, 0.4) is 0 Å². The number of urea groups is 1. The molecule has 0 radical (unpaired) electrons. The van der Waals surface area contributed by atoms with E-state index in [0.717, 1.165) is 0 Å². The van der Waals surface area contributed by atoms with Crippen LogP contribution in [0.1, 0.15) is 6.92 Å². The van der Waals surface area contributed by atoms with Crippen molar-refractivity contribution in [1.82, 2.24) is 5.32 Å². The molecular formula is C17H15Cl4N3O3. The SMILES string of the molecule is CC(CNC(=O)Nc1ccc(Cl)c(Cl)c1)OC(=O)Nc1ccc(Cl)c(Cl)c1. The van der Waals surface area contributed by atoms with E-state index in [0.29, 0.717) is 31.5 Å². The standard InChI is InChI=1S/C17H15Cl4N3O3/c1-9(27-17(26)24-11-3-5-13(19)15(21)7-11)8-22-16(25)23-10-2-4-12(18)14(20)6-10/h2-7,9H,8H2,1H3,(H,24,26)(H2,22,23,25). The van der Waals surface area contributed by atoms with Crippen LogP contribution < -0.4 is 16.0 Å². The molecule has 0 saturated heterocycles. The molecule has 0 aromatic heterocycles. The van der Waals surface area contributed by atoms with Gasteiger partial charge >= 0.3 is 12.1 Å². The topological polar surface area (TPSA) is 79.5 Å². The van der Waals surface area contributed by atoms with Crippen LogP contribution in [0.5, 0.6) is 0 Å². The number of halogens is 4. The van der Waals surface area contributed by atoms with Crippen LogP contribution in [-0.4, -0.2) is 24.8 Å². The van der Waals surface area contributed by atoms with Gasteiger partial charge in [0.15, 0.2) is 0 Å². The van der Waals surface area contributed by atoms with Gasteiger partial charge < -0.3 is 15.4 Å². The highest BCUT2D eigenvalue weighted by Crippen LogP contribution is 2.25. The number of hydrogen-bond donors (Lipinski definition) is 3. The quantitative estimate of drug-likeness (QED) is 0.517. The number of carbonyl (C=O) groups is 2. The molecule has 2 aromatic rings. The van der Waals surface area contributed by atoms with Crippen LogP contribution in [0, 0.1) is 0 Å². The summed E-state index contributed by atoms with van der Waals surface area (Å²) in [5.74, 6) is 0. The summed E-state index contributed by atoms with van der Waals surface area (Å²) in [4.78, 5) is 23.7. The van der Waals surface area contributed by atoms with Gasteiger partial charge in [-0.15, -0.1) is 0 Å². The number of amides is 3. The molecule has 1 unspecified atom stereocenters. The largest absolute Gasteiger partial charge is 0.444 e. The molecule has 0 aliphatic carbocycles. The fourth-order valence-corrected chi connectivity index (χ4v) is 2.53. The molecule has 3 N–H and O–H groups in total. The van der Waals surface area contributed by atoms with E-state index in [9.17, 15) is 9.59 Å². The second kappa shape index (κ2) is 9.90. The number of rotatable bonds is 5. The van der Waals surface area contributed by atoms with Crippen LogP contribution in [0.4, 0.5) is 21.0 Å². The first-order valence-electron chi connectivity index (χ1n) is 7.67. The maximum atomic E-state index is 11.9. The monoisotopic (exact) mass is 449 g/mol. The Morgan fingerprint density at radius 2 is 1.41 bits per heavy atom. The summed E-state index contributed by atoms with van der Waals surface area (Å²) in [6.45, 7) is 1.73. The highest BCUT2D eigenvalue weighted by atomic mass is 35.5.